The van der Waals surface area contributed by atoms with Gasteiger partial charge in [-0.1, -0.05) is 0 Å². The van der Waals surface area contributed by atoms with Crippen LogP contribution in [0.5, 0.6) is 0 Å². The maximum absolute atomic E-state index is 11.1. The molecule has 0 aromatic rings. The second-order valence-electron chi connectivity index (χ2n) is 3.26. The molecule has 0 rings (SSSR count). The van der Waals surface area contributed by atoms with Crippen LogP contribution in [-0.4, -0.2) is 23.2 Å². The van der Waals surface area contributed by atoms with Gasteiger partial charge in [-0.15, -0.1) is 12.3 Å². The van der Waals surface area contributed by atoms with Gasteiger partial charge in [0.1, 0.15) is 0 Å². The molecule has 2 N–H and O–H groups in total. The average Bonchev–Trinajstić information content (AvgIpc) is 2.01. The van der Waals surface area contributed by atoms with E-state index in [0.717, 1.165) is 0 Å². The van der Waals surface area contributed by atoms with E-state index in [2.05, 4.69) is 11.2 Å². The molecule has 0 aliphatic rings. The number of hydrogen-bond acceptors (Lipinski definition) is 2. The SMILES string of the molecule is C#CCC(C)NC(=O)CCC(C)O. The van der Waals surface area contributed by atoms with Gasteiger partial charge in [0.25, 0.3) is 0 Å². The van der Waals surface area contributed by atoms with E-state index in [9.17, 15) is 4.79 Å². The summed E-state index contributed by atoms with van der Waals surface area (Å²) in [6, 6.07) is 0.0199. The first-order valence-electron chi connectivity index (χ1n) is 4.47. The van der Waals surface area contributed by atoms with Crippen molar-refractivity contribution >= 4 is 5.91 Å². The maximum atomic E-state index is 11.1. The van der Waals surface area contributed by atoms with Crippen molar-refractivity contribution in [2.24, 2.45) is 0 Å². The summed E-state index contributed by atoms with van der Waals surface area (Å²) >= 11 is 0. The topological polar surface area (TPSA) is 49.3 Å². The summed E-state index contributed by atoms with van der Waals surface area (Å²) in [6.45, 7) is 3.53. The van der Waals surface area contributed by atoms with Gasteiger partial charge in [-0.05, 0) is 20.3 Å². The number of aliphatic hydroxyl groups excluding tert-OH is 1. The molecule has 0 bridgehead atoms. The molecule has 0 heterocycles. The van der Waals surface area contributed by atoms with Crippen LogP contribution in [0.2, 0.25) is 0 Å². The molecule has 0 aromatic heterocycles. The van der Waals surface area contributed by atoms with Crippen LogP contribution in [0.3, 0.4) is 0 Å². The van der Waals surface area contributed by atoms with Gasteiger partial charge in [-0.25, -0.2) is 0 Å². The molecule has 0 fully saturated rings. The molecular weight excluding hydrogens is 166 g/mol. The smallest absolute Gasteiger partial charge is 0.220 e. The number of nitrogens with one attached hydrogen (secondary N) is 1. The molecular formula is C10H17NO2. The van der Waals surface area contributed by atoms with E-state index in [1.807, 2.05) is 6.92 Å². The highest BCUT2D eigenvalue weighted by Gasteiger charge is 2.06. The van der Waals surface area contributed by atoms with Gasteiger partial charge in [-0.2, -0.15) is 0 Å². The molecule has 0 radical (unpaired) electrons. The third-order valence-corrected chi connectivity index (χ3v) is 1.62. The first-order chi connectivity index (χ1) is 6.06. The first kappa shape index (κ1) is 12.0. The van der Waals surface area contributed by atoms with E-state index >= 15 is 0 Å². The Hall–Kier alpha value is -1.01. The molecule has 13 heavy (non-hydrogen) atoms. The molecule has 2 atom stereocenters. The Balaban J connectivity index is 3.57. The summed E-state index contributed by atoms with van der Waals surface area (Å²) in [7, 11) is 0. The molecule has 3 nitrogen and oxygen atoms in total. The largest absolute Gasteiger partial charge is 0.393 e. The van der Waals surface area contributed by atoms with Crippen LogP contribution in [0.25, 0.3) is 0 Å². The summed E-state index contributed by atoms with van der Waals surface area (Å²) in [5, 5.41) is 11.7. The highest BCUT2D eigenvalue weighted by molar-refractivity contribution is 5.76. The lowest BCUT2D eigenvalue weighted by Gasteiger charge is -2.11. The van der Waals surface area contributed by atoms with E-state index in [-0.39, 0.29) is 11.9 Å². The van der Waals surface area contributed by atoms with Crippen LogP contribution in [-0.2, 0) is 4.79 Å². The zero-order valence-electron chi connectivity index (χ0n) is 8.21. The molecule has 0 saturated heterocycles. The van der Waals surface area contributed by atoms with Gasteiger partial charge in [-0.3, -0.25) is 4.79 Å². The van der Waals surface area contributed by atoms with Crippen molar-refractivity contribution < 1.29 is 9.90 Å². The fourth-order valence-corrected chi connectivity index (χ4v) is 0.915. The number of aliphatic hydroxyl groups is 1. The number of amides is 1. The number of hydrogen-bond donors (Lipinski definition) is 2. The van der Waals surface area contributed by atoms with Crippen molar-refractivity contribution in [3.05, 3.63) is 0 Å². The highest BCUT2D eigenvalue weighted by atomic mass is 16.3. The van der Waals surface area contributed by atoms with Crippen LogP contribution >= 0.6 is 0 Å². The number of rotatable bonds is 5. The molecule has 0 aliphatic heterocycles. The predicted molar refractivity (Wildman–Crippen MR) is 52.0 cm³/mol. The Morgan fingerprint density at radius 3 is 2.69 bits per heavy atom. The molecule has 0 aliphatic carbocycles. The molecule has 0 spiro atoms. The molecule has 3 heteroatoms. The fourth-order valence-electron chi connectivity index (χ4n) is 0.915. The average molecular weight is 183 g/mol. The Morgan fingerprint density at radius 1 is 1.62 bits per heavy atom. The van der Waals surface area contributed by atoms with Crippen molar-refractivity contribution in [3.8, 4) is 12.3 Å². The minimum absolute atomic E-state index is 0.0199. The number of carbonyl (C=O) groups is 1. The Morgan fingerprint density at radius 2 is 2.23 bits per heavy atom. The lowest BCUT2D eigenvalue weighted by Crippen LogP contribution is -2.32. The van der Waals surface area contributed by atoms with Crippen molar-refractivity contribution in [2.45, 2.75) is 45.3 Å². The van der Waals surface area contributed by atoms with Gasteiger partial charge in [0.05, 0.1) is 6.10 Å². The van der Waals surface area contributed by atoms with E-state index < -0.39 is 6.10 Å². The summed E-state index contributed by atoms with van der Waals surface area (Å²) in [5.74, 6) is 2.42. The minimum atomic E-state index is -0.423. The van der Waals surface area contributed by atoms with Gasteiger partial charge in [0.2, 0.25) is 5.91 Å². The van der Waals surface area contributed by atoms with E-state index in [4.69, 9.17) is 11.5 Å². The summed E-state index contributed by atoms with van der Waals surface area (Å²) < 4.78 is 0. The molecule has 2 unspecified atom stereocenters. The Labute approximate surface area is 79.5 Å². The van der Waals surface area contributed by atoms with Gasteiger partial charge < -0.3 is 10.4 Å². The van der Waals surface area contributed by atoms with Crippen molar-refractivity contribution in [1.82, 2.24) is 5.32 Å². The highest BCUT2D eigenvalue weighted by Crippen LogP contribution is 1.96. The van der Waals surface area contributed by atoms with Crippen LogP contribution in [0.15, 0.2) is 0 Å². The molecule has 0 aromatic carbocycles. The molecule has 1 amide bonds. The van der Waals surface area contributed by atoms with Crippen molar-refractivity contribution in [3.63, 3.8) is 0 Å². The summed E-state index contributed by atoms with van der Waals surface area (Å²) in [6.07, 6.45) is 6.05. The van der Waals surface area contributed by atoms with Gasteiger partial charge in [0, 0.05) is 18.9 Å². The monoisotopic (exact) mass is 183 g/mol. The number of carbonyl (C=O) groups excluding carboxylic acids is 1. The second-order valence-corrected chi connectivity index (χ2v) is 3.26. The number of terminal acetylenes is 1. The zero-order chi connectivity index (χ0) is 10.3. The molecule has 0 saturated carbocycles. The van der Waals surface area contributed by atoms with Crippen molar-refractivity contribution in [1.29, 1.82) is 0 Å². The van der Waals surface area contributed by atoms with E-state index in [0.29, 0.717) is 19.3 Å². The lowest BCUT2D eigenvalue weighted by atomic mass is 10.2. The lowest BCUT2D eigenvalue weighted by molar-refractivity contribution is -0.122. The van der Waals surface area contributed by atoms with E-state index in [1.165, 1.54) is 0 Å². The van der Waals surface area contributed by atoms with Gasteiger partial charge in [0.15, 0.2) is 0 Å². The Bertz CT molecular complexity index is 194. The predicted octanol–water partition coefficient (Wildman–Crippen LogP) is 0.675. The quantitative estimate of drug-likeness (QED) is 0.616. The van der Waals surface area contributed by atoms with E-state index in [1.54, 1.807) is 6.92 Å². The second kappa shape index (κ2) is 6.50. The zero-order valence-corrected chi connectivity index (χ0v) is 8.21. The first-order valence-corrected chi connectivity index (χ1v) is 4.47. The minimum Gasteiger partial charge on any atom is -0.393 e. The van der Waals surface area contributed by atoms with Crippen LogP contribution < -0.4 is 5.32 Å². The maximum Gasteiger partial charge on any atom is 0.220 e. The third-order valence-electron chi connectivity index (χ3n) is 1.62. The third kappa shape index (κ3) is 7.35. The Kier molecular flexibility index (Phi) is 5.99. The fraction of sp³-hybridized carbons (Fsp3) is 0.700. The van der Waals surface area contributed by atoms with Crippen LogP contribution in [0.4, 0.5) is 0 Å². The molecule has 74 valence electrons. The normalized spacial score (nSPS) is 14.3. The van der Waals surface area contributed by atoms with Crippen molar-refractivity contribution in [2.75, 3.05) is 0 Å². The standard InChI is InChI=1S/C10H17NO2/c1-4-5-8(2)11-10(13)7-6-9(3)12/h1,8-9,12H,5-7H2,2-3H3,(H,11,13). The van der Waals surface area contributed by atoms with Crippen LogP contribution in [0, 0.1) is 12.3 Å². The summed E-state index contributed by atoms with van der Waals surface area (Å²) in [4.78, 5) is 11.1. The summed E-state index contributed by atoms with van der Waals surface area (Å²) in [5.41, 5.74) is 0. The van der Waals surface area contributed by atoms with Crippen LogP contribution in [0.1, 0.15) is 33.1 Å². The van der Waals surface area contributed by atoms with Gasteiger partial charge >= 0.3 is 0 Å².